The van der Waals surface area contributed by atoms with Gasteiger partial charge in [-0.15, -0.1) is 0 Å². The number of nitrogens with one attached hydrogen (secondary N) is 1. The highest BCUT2D eigenvalue weighted by atomic mass is 16.5. The molecule has 3 rings (SSSR count). The number of likely N-dealkylation sites (tertiary alicyclic amines) is 1. The molecule has 1 aliphatic heterocycles. The Morgan fingerprint density at radius 3 is 2.48 bits per heavy atom. The zero-order chi connectivity index (χ0) is 20.9. The van der Waals surface area contributed by atoms with Crippen LogP contribution in [0.1, 0.15) is 35.7 Å². The molecule has 2 aromatic rings. The van der Waals surface area contributed by atoms with Crippen molar-refractivity contribution in [3.63, 3.8) is 0 Å². The number of hydrogen-bond acceptors (Lipinski definition) is 4. The minimum absolute atomic E-state index is 0.0385. The van der Waals surface area contributed by atoms with E-state index in [1.54, 1.807) is 37.3 Å². The van der Waals surface area contributed by atoms with Crippen LogP contribution in [0.5, 0.6) is 11.5 Å². The predicted octanol–water partition coefficient (Wildman–Crippen LogP) is 3.26. The largest absolute Gasteiger partial charge is 0.497 e. The van der Waals surface area contributed by atoms with Crippen LogP contribution in [0.3, 0.4) is 0 Å². The maximum Gasteiger partial charge on any atom is 0.254 e. The molecule has 0 unspecified atom stereocenters. The van der Waals surface area contributed by atoms with Gasteiger partial charge in [-0.25, -0.2) is 0 Å². The summed E-state index contributed by atoms with van der Waals surface area (Å²) in [5.41, 5.74) is 0.929. The van der Waals surface area contributed by atoms with Crippen LogP contribution in [0.2, 0.25) is 0 Å². The fourth-order valence-electron chi connectivity index (χ4n) is 3.71. The van der Waals surface area contributed by atoms with Crippen LogP contribution < -0.4 is 14.8 Å². The molecule has 1 heterocycles. The number of ether oxygens (including phenoxy) is 2. The second kappa shape index (κ2) is 8.99. The SMILES string of the molecule is COc1cccc(CNC(=O)[C@@]2(C)CCCN(C(=O)c3cccc(OC)c3)C2)c1. The van der Waals surface area contributed by atoms with Crippen LogP contribution in [0.4, 0.5) is 0 Å². The third kappa shape index (κ3) is 4.88. The molecular weight excluding hydrogens is 368 g/mol. The highest BCUT2D eigenvalue weighted by molar-refractivity contribution is 5.95. The first kappa shape index (κ1) is 20.7. The number of amides is 2. The lowest BCUT2D eigenvalue weighted by molar-refractivity contribution is -0.132. The molecule has 154 valence electrons. The summed E-state index contributed by atoms with van der Waals surface area (Å²) in [5.74, 6) is 1.29. The van der Waals surface area contributed by atoms with E-state index >= 15 is 0 Å². The smallest absolute Gasteiger partial charge is 0.254 e. The van der Waals surface area contributed by atoms with Gasteiger partial charge in [0, 0.05) is 25.2 Å². The molecule has 0 spiro atoms. The molecule has 1 aliphatic rings. The van der Waals surface area contributed by atoms with E-state index < -0.39 is 5.41 Å². The molecule has 29 heavy (non-hydrogen) atoms. The number of nitrogens with zero attached hydrogens (tertiary/aromatic N) is 1. The highest BCUT2D eigenvalue weighted by Crippen LogP contribution is 2.31. The van der Waals surface area contributed by atoms with Crippen molar-refractivity contribution in [1.82, 2.24) is 10.2 Å². The molecule has 0 aromatic heterocycles. The summed E-state index contributed by atoms with van der Waals surface area (Å²) in [6.07, 6.45) is 1.54. The van der Waals surface area contributed by atoms with Gasteiger partial charge in [0.05, 0.1) is 19.6 Å². The van der Waals surface area contributed by atoms with Gasteiger partial charge in [0.15, 0.2) is 0 Å². The normalized spacial score (nSPS) is 18.8. The number of hydrogen-bond donors (Lipinski definition) is 1. The number of carbonyl (C=O) groups is 2. The van der Waals surface area contributed by atoms with E-state index in [4.69, 9.17) is 9.47 Å². The number of carbonyl (C=O) groups excluding carboxylic acids is 2. The van der Waals surface area contributed by atoms with Gasteiger partial charge in [-0.05, 0) is 55.7 Å². The Kier molecular flexibility index (Phi) is 6.42. The summed E-state index contributed by atoms with van der Waals surface area (Å²) in [6.45, 7) is 3.40. The van der Waals surface area contributed by atoms with E-state index in [9.17, 15) is 9.59 Å². The second-order valence-corrected chi connectivity index (χ2v) is 7.66. The fraction of sp³-hybridized carbons (Fsp3) is 0.391. The van der Waals surface area contributed by atoms with E-state index in [0.29, 0.717) is 30.9 Å². The quantitative estimate of drug-likeness (QED) is 0.814. The molecule has 0 aliphatic carbocycles. The lowest BCUT2D eigenvalue weighted by Gasteiger charge is -2.39. The molecule has 2 aromatic carbocycles. The van der Waals surface area contributed by atoms with E-state index in [1.165, 1.54) is 0 Å². The van der Waals surface area contributed by atoms with Gasteiger partial charge in [-0.3, -0.25) is 9.59 Å². The Hall–Kier alpha value is -3.02. The second-order valence-electron chi connectivity index (χ2n) is 7.66. The Bertz CT molecular complexity index is 883. The van der Waals surface area contributed by atoms with Crippen molar-refractivity contribution in [1.29, 1.82) is 0 Å². The zero-order valence-electron chi connectivity index (χ0n) is 17.2. The van der Waals surface area contributed by atoms with E-state index in [1.807, 2.05) is 37.3 Å². The topological polar surface area (TPSA) is 67.9 Å². The summed E-state index contributed by atoms with van der Waals surface area (Å²) in [7, 11) is 3.20. The third-order valence-electron chi connectivity index (χ3n) is 5.44. The first-order valence-electron chi connectivity index (χ1n) is 9.80. The van der Waals surface area contributed by atoms with Crippen molar-refractivity contribution in [3.05, 3.63) is 59.7 Å². The predicted molar refractivity (Wildman–Crippen MR) is 111 cm³/mol. The molecule has 0 saturated carbocycles. The zero-order valence-corrected chi connectivity index (χ0v) is 17.2. The Morgan fingerprint density at radius 1 is 1.07 bits per heavy atom. The number of piperidine rings is 1. The van der Waals surface area contributed by atoms with Gasteiger partial charge >= 0.3 is 0 Å². The number of rotatable bonds is 6. The molecule has 1 saturated heterocycles. The summed E-state index contributed by atoms with van der Waals surface area (Å²) in [4.78, 5) is 27.7. The van der Waals surface area contributed by atoms with E-state index in [-0.39, 0.29) is 11.8 Å². The highest BCUT2D eigenvalue weighted by Gasteiger charge is 2.39. The number of methoxy groups -OCH3 is 2. The molecule has 0 bridgehead atoms. The lowest BCUT2D eigenvalue weighted by atomic mass is 9.80. The monoisotopic (exact) mass is 396 g/mol. The van der Waals surface area contributed by atoms with Crippen molar-refractivity contribution in [2.45, 2.75) is 26.3 Å². The maximum absolute atomic E-state index is 13.0. The van der Waals surface area contributed by atoms with Gasteiger partial charge in [0.1, 0.15) is 11.5 Å². The van der Waals surface area contributed by atoms with Gasteiger partial charge in [-0.2, -0.15) is 0 Å². The summed E-state index contributed by atoms with van der Waals surface area (Å²) < 4.78 is 10.4. The molecule has 1 fully saturated rings. The van der Waals surface area contributed by atoms with Crippen molar-refractivity contribution >= 4 is 11.8 Å². The third-order valence-corrected chi connectivity index (χ3v) is 5.44. The summed E-state index contributed by atoms with van der Waals surface area (Å²) in [6, 6.07) is 14.7. The maximum atomic E-state index is 13.0. The van der Waals surface area contributed by atoms with E-state index in [0.717, 1.165) is 24.2 Å². The van der Waals surface area contributed by atoms with Crippen molar-refractivity contribution < 1.29 is 19.1 Å². The first-order valence-corrected chi connectivity index (χ1v) is 9.80. The van der Waals surface area contributed by atoms with Crippen LogP contribution in [-0.4, -0.2) is 44.0 Å². The first-order chi connectivity index (χ1) is 13.9. The average molecular weight is 396 g/mol. The van der Waals surface area contributed by atoms with Crippen LogP contribution in [0, 0.1) is 5.41 Å². The molecule has 1 N–H and O–H groups in total. The van der Waals surface area contributed by atoms with Gasteiger partial charge in [0.25, 0.3) is 5.91 Å². The minimum atomic E-state index is -0.619. The molecule has 2 amide bonds. The van der Waals surface area contributed by atoms with Crippen molar-refractivity contribution in [3.8, 4) is 11.5 Å². The van der Waals surface area contributed by atoms with Crippen LogP contribution in [0.25, 0.3) is 0 Å². The molecule has 6 nitrogen and oxygen atoms in total. The van der Waals surface area contributed by atoms with Gasteiger partial charge in [0.2, 0.25) is 5.91 Å². The van der Waals surface area contributed by atoms with Crippen molar-refractivity contribution in [2.75, 3.05) is 27.3 Å². The minimum Gasteiger partial charge on any atom is -0.497 e. The summed E-state index contributed by atoms with van der Waals surface area (Å²) >= 11 is 0. The summed E-state index contributed by atoms with van der Waals surface area (Å²) in [5, 5.41) is 3.03. The molecular formula is C23H28N2O4. The van der Waals surface area contributed by atoms with Crippen LogP contribution in [-0.2, 0) is 11.3 Å². The molecule has 0 radical (unpaired) electrons. The van der Waals surface area contributed by atoms with Crippen LogP contribution >= 0.6 is 0 Å². The number of benzene rings is 2. The molecule has 6 heteroatoms. The standard InChI is InChI=1S/C23H28N2O4/c1-23(22(27)24-15-17-7-4-9-19(13-17)28-2)11-6-12-25(16-23)21(26)18-8-5-10-20(14-18)29-3/h4-5,7-10,13-14H,6,11-12,15-16H2,1-3H3,(H,24,27)/t23-/m0/s1. The Morgan fingerprint density at radius 2 is 1.76 bits per heavy atom. The fourth-order valence-corrected chi connectivity index (χ4v) is 3.71. The lowest BCUT2D eigenvalue weighted by Crippen LogP contribution is -2.51. The van der Waals surface area contributed by atoms with Gasteiger partial charge in [-0.1, -0.05) is 18.2 Å². The Labute approximate surface area is 171 Å². The van der Waals surface area contributed by atoms with Crippen LogP contribution in [0.15, 0.2) is 48.5 Å². The van der Waals surface area contributed by atoms with E-state index in [2.05, 4.69) is 5.32 Å². The van der Waals surface area contributed by atoms with Crippen molar-refractivity contribution in [2.24, 2.45) is 5.41 Å². The molecule has 1 atom stereocenters. The average Bonchev–Trinajstić information content (AvgIpc) is 2.77. The Balaban J connectivity index is 1.65. The van der Waals surface area contributed by atoms with Gasteiger partial charge < -0.3 is 19.7 Å².